The molecule has 1 aromatic carbocycles. The average Bonchev–Trinajstić information content (AvgIpc) is 2.26. The minimum absolute atomic E-state index is 0.00213. The molecule has 17 heavy (non-hydrogen) atoms. The first-order valence-electron chi connectivity index (χ1n) is 5.18. The molecule has 0 N–H and O–H groups in total. The van der Waals surface area contributed by atoms with Gasteiger partial charge in [0.05, 0.1) is 10.5 Å². The highest BCUT2D eigenvalue weighted by molar-refractivity contribution is 6.04. The van der Waals surface area contributed by atoms with Gasteiger partial charge in [-0.15, -0.1) is 0 Å². The molecule has 1 aromatic rings. The maximum atomic E-state index is 11.8. The fraction of sp³-hybridized carbons (Fsp3) is 0.333. The molecule has 0 saturated carbocycles. The Labute approximate surface area is 98.6 Å². The van der Waals surface area contributed by atoms with Crippen molar-refractivity contribution in [2.24, 2.45) is 5.92 Å². The van der Waals surface area contributed by atoms with Crippen molar-refractivity contribution < 1.29 is 14.5 Å². The molecule has 0 atom stereocenters. The van der Waals surface area contributed by atoms with Gasteiger partial charge in [0.15, 0.2) is 11.6 Å². The zero-order chi connectivity index (χ0) is 13.2. The van der Waals surface area contributed by atoms with Crippen molar-refractivity contribution in [3.63, 3.8) is 0 Å². The number of benzene rings is 1. The third kappa shape index (κ3) is 2.75. The van der Waals surface area contributed by atoms with Crippen LogP contribution in [0, 0.1) is 16.0 Å². The number of ketones is 2. The first-order valence-corrected chi connectivity index (χ1v) is 5.18. The molecule has 5 nitrogen and oxygen atoms in total. The van der Waals surface area contributed by atoms with E-state index in [0.717, 1.165) is 0 Å². The maximum Gasteiger partial charge on any atom is 0.280 e. The molecule has 0 aliphatic rings. The lowest BCUT2D eigenvalue weighted by Gasteiger charge is -2.06. The Bertz CT molecular complexity index is 491. The lowest BCUT2D eigenvalue weighted by molar-refractivity contribution is -0.385. The van der Waals surface area contributed by atoms with E-state index in [0.29, 0.717) is 5.56 Å². The highest BCUT2D eigenvalue weighted by Gasteiger charge is 2.23. The monoisotopic (exact) mass is 235 g/mol. The van der Waals surface area contributed by atoms with Crippen LogP contribution in [0.2, 0.25) is 0 Å². The molecule has 0 radical (unpaired) electrons. The summed E-state index contributed by atoms with van der Waals surface area (Å²) in [7, 11) is 0. The van der Waals surface area contributed by atoms with Crippen molar-refractivity contribution in [2.75, 3.05) is 0 Å². The predicted octanol–water partition coefficient (Wildman–Crippen LogP) is 2.64. The van der Waals surface area contributed by atoms with Crippen LogP contribution in [0.4, 0.5) is 5.69 Å². The largest absolute Gasteiger partial charge is 0.295 e. The summed E-state index contributed by atoms with van der Waals surface area (Å²) in [5.41, 5.74) is 0.0472. The highest BCUT2D eigenvalue weighted by atomic mass is 16.6. The van der Waals surface area contributed by atoms with E-state index in [2.05, 4.69) is 0 Å². The zero-order valence-electron chi connectivity index (χ0n) is 9.89. The molecular weight excluding hydrogens is 222 g/mol. The summed E-state index contributed by atoms with van der Waals surface area (Å²) >= 11 is 0. The van der Waals surface area contributed by atoms with Crippen LogP contribution >= 0.6 is 0 Å². The van der Waals surface area contributed by atoms with E-state index in [-0.39, 0.29) is 28.7 Å². The minimum Gasteiger partial charge on any atom is -0.295 e. The number of rotatable bonds is 4. The summed E-state index contributed by atoms with van der Waals surface area (Å²) in [6, 6.07) is 3.85. The van der Waals surface area contributed by atoms with Crippen LogP contribution in [0.1, 0.15) is 41.5 Å². The average molecular weight is 235 g/mol. The Hall–Kier alpha value is -2.04. The maximum absolute atomic E-state index is 11.8. The number of nitro groups is 1. The number of nitrogens with zero attached hydrogens (tertiary/aromatic N) is 1. The van der Waals surface area contributed by atoms with Gasteiger partial charge < -0.3 is 0 Å². The second kappa shape index (κ2) is 4.86. The van der Waals surface area contributed by atoms with Gasteiger partial charge >= 0.3 is 0 Å². The molecule has 0 heterocycles. The Morgan fingerprint density at radius 3 is 2.29 bits per heavy atom. The number of hydrogen-bond acceptors (Lipinski definition) is 4. The van der Waals surface area contributed by atoms with Gasteiger partial charge in [0.25, 0.3) is 5.69 Å². The van der Waals surface area contributed by atoms with Crippen LogP contribution < -0.4 is 0 Å². The minimum atomic E-state index is -0.612. The third-order valence-corrected chi connectivity index (χ3v) is 2.39. The molecule has 0 spiro atoms. The Balaban J connectivity index is 3.40. The molecule has 0 aliphatic carbocycles. The molecule has 5 heteroatoms. The zero-order valence-corrected chi connectivity index (χ0v) is 9.89. The van der Waals surface area contributed by atoms with Crippen molar-refractivity contribution in [1.29, 1.82) is 0 Å². The van der Waals surface area contributed by atoms with Gasteiger partial charge in [-0.05, 0) is 19.1 Å². The fourth-order valence-electron chi connectivity index (χ4n) is 1.42. The van der Waals surface area contributed by atoms with Gasteiger partial charge in [-0.2, -0.15) is 0 Å². The summed E-state index contributed by atoms with van der Waals surface area (Å²) in [6.45, 7) is 4.67. The Kier molecular flexibility index (Phi) is 3.73. The first kappa shape index (κ1) is 13.0. The topological polar surface area (TPSA) is 77.3 Å². The summed E-state index contributed by atoms with van der Waals surface area (Å²) in [5, 5.41) is 10.8. The molecule has 0 saturated heterocycles. The molecule has 90 valence electrons. The standard InChI is InChI=1S/C12H13NO4/c1-7(2)12(15)10-6-9(8(3)14)4-5-11(10)13(16)17/h4-7H,1-3H3. The SMILES string of the molecule is CC(=O)c1ccc([N+](=O)[O-])c(C(=O)C(C)C)c1. The van der Waals surface area contributed by atoms with E-state index < -0.39 is 4.92 Å². The second-order valence-electron chi connectivity index (χ2n) is 4.06. The van der Waals surface area contributed by atoms with Crippen LogP contribution in [-0.4, -0.2) is 16.5 Å². The molecule has 1 rings (SSSR count). The van der Waals surface area contributed by atoms with Crippen molar-refractivity contribution in [2.45, 2.75) is 20.8 Å². The molecule has 0 fully saturated rings. The Morgan fingerprint density at radius 1 is 1.29 bits per heavy atom. The van der Waals surface area contributed by atoms with E-state index >= 15 is 0 Å². The predicted molar refractivity (Wildman–Crippen MR) is 62.3 cm³/mol. The number of nitro benzene ring substituents is 1. The molecule has 0 aromatic heterocycles. The van der Waals surface area contributed by atoms with Crippen LogP contribution in [0.25, 0.3) is 0 Å². The lowest BCUT2D eigenvalue weighted by atomic mass is 9.97. The quantitative estimate of drug-likeness (QED) is 0.456. The first-order chi connectivity index (χ1) is 7.84. The third-order valence-electron chi connectivity index (χ3n) is 2.39. The summed E-state index contributed by atoms with van der Waals surface area (Å²) in [6.07, 6.45) is 0. The van der Waals surface area contributed by atoms with Gasteiger partial charge in [-0.25, -0.2) is 0 Å². The number of carbonyl (C=O) groups is 2. The highest BCUT2D eigenvalue weighted by Crippen LogP contribution is 2.23. The number of hydrogen-bond donors (Lipinski definition) is 0. The summed E-state index contributed by atoms with van der Waals surface area (Å²) < 4.78 is 0. The van der Waals surface area contributed by atoms with Gasteiger partial charge in [-0.1, -0.05) is 13.8 Å². The van der Waals surface area contributed by atoms with Gasteiger partial charge in [0.2, 0.25) is 0 Å². The van der Waals surface area contributed by atoms with E-state index in [1.54, 1.807) is 13.8 Å². The van der Waals surface area contributed by atoms with E-state index in [9.17, 15) is 19.7 Å². The second-order valence-corrected chi connectivity index (χ2v) is 4.06. The number of carbonyl (C=O) groups excluding carboxylic acids is 2. The fourth-order valence-corrected chi connectivity index (χ4v) is 1.42. The van der Waals surface area contributed by atoms with Gasteiger partial charge in [0, 0.05) is 17.5 Å². The molecule has 0 bridgehead atoms. The molecular formula is C12H13NO4. The van der Waals surface area contributed by atoms with Crippen molar-refractivity contribution in [3.05, 3.63) is 39.4 Å². The Morgan fingerprint density at radius 2 is 1.88 bits per heavy atom. The normalized spacial score (nSPS) is 10.4. The van der Waals surface area contributed by atoms with Gasteiger partial charge in [0.1, 0.15) is 0 Å². The molecule has 0 aliphatic heterocycles. The number of Topliss-reactive ketones (excluding diaryl/α,β-unsaturated/α-hetero) is 2. The van der Waals surface area contributed by atoms with Crippen molar-refractivity contribution >= 4 is 17.3 Å². The van der Waals surface area contributed by atoms with Crippen LogP contribution in [0.5, 0.6) is 0 Å². The lowest BCUT2D eigenvalue weighted by Crippen LogP contribution is -2.11. The summed E-state index contributed by atoms with van der Waals surface area (Å²) in [4.78, 5) is 33.2. The van der Waals surface area contributed by atoms with Crippen molar-refractivity contribution in [3.8, 4) is 0 Å². The van der Waals surface area contributed by atoms with Crippen LogP contribution in [-0.2, 0) is 0 Å². The van der Waals surface area contributed by atoms with Crippen LogP contribution in [0.3, 0.4) is 0 Å². The van der Waals surface area contributed by atoms with E-state index in [1.165, 1.54) is 25.1 Å². The van der Waals surface area contributed by atoms with E-state index in [1.807, 2.05) is 0 Å². The van der Waals surface area contributed by atoms with E-state index in [4.69, 9.17) is 0 Å². The van der Waals surface area contributed by atoms with Gasteiger partial charge in [-0.3, -0.25) is 19.7 Å². The van der Waals surface area contributed by atoms with Crippen LogP contribution in [0.15, 0.2) is 18.2 Å². The summed E-state index contributed by atoms with van der Waals surface area (Å²) in [5.74, 6) is -0.909. The molecule has 0 amide bonds. The van der Waals surface area contributed by atoms with Crippen molar-refractivity contribution in [1.82, 2.24) is 0 Å². The smallest absolute Gasteiger partial charge is 0.280 e. The molecule has 0 unspecified atom stereocenters.